The van der Waals surface area contributed by atoms with Gasteiger partial charge in [-0.15, -0.1) is 0 Å². The van der Waals surface area contributed by atoms with Crippen molar-refractivity contribution in [1.29, 1.82) is 0 Å². The normalized spacial score (nSPS) is 11.8. The number of hydrogen-bond acceptors (Lipinski definition) is 4. The standard InChI is InChI=1S/C8H19NO3S/c1-2-3-4-5-6-7-8-13(10,11)12-9/h2-9H2,1H3. The van der Waals surface area contributed by atoms with Crippen molar-refractivity contribution in [2.45, 2.75) is 45.4 Å². The molecule has 0 fully saturated rings. The summed E-state index contributed by atoms with van der Waals surface area (Å²) in [4.78, 5) is 0. The fourth-order valence-corrected chi connectivity index (χ4v) is 1.76. The van der Waals surface area contributed by atoms with Crippen molar-refractivity contribution in [3.63, 3.8) is 0 Å². The monoisotopic (exact) mass is 209 g/mol. The summed E-state index contributed by atoms with van der Waals surface area (Å²) in [7, 11) is -3.43. The Morgan fingerprint density at radius 3 is 2.15 bits per heavy atom. The highest BCUT2D eigenvalue weighted by molar-refractivity contribution is 7.86. The lowest BCUT2D eigenvalue weighted by molar-refractivity contribution is 0.332. The Kier molecular flexibility index (Phi) is 7.22. The second kappa shape index (κ2) is 7.29. The molecule has 80 valence electrons. The smallest absolute Gasteiger partial charge is 0.198 e. The molecule has 0 unspecified atom stereocenters. The summed E-state index contributed by atoms with van der Waals surface area (Å²) >= 11 is 0. The van der Waals surface area contributed by atoms with Crippen LogP contribution in [-0.4, -0.2) is 14.2 Å². The van der Waals surface area contributed by atoms with Gasteiger partial charge in [-0.2, -0.15) is 18.6 Å². The molecule has 0 radical (unpaired) electrons. The Morgan fingerprint density at radius 2 is 1.62 bits per heavy atom. The molecular weight excluding hydrogens is 190 g/mol. The molecule has 0 saturated heterocycles. The van der Waals surface area contributed by atoms with Crippen molar-refractivity contribution < 1.29 is 12.7 Å². The summed E-state index contributed by atoms with van der Waals surface area (Å²) in [6, 6.07) is 0. The minimum absolute atomic E-state index is 0.0373. The zero-order valence-electron chi connectivity index (χ0n) is 8.16. The van der Waals surface area contributed by atoms with Gasteiger partial charge in [-0.3, -0.25) is 0 Å². The average Bonchev–Trinajstić information content (AvgIpc) is 2.11. The Bertz CT molecular complexity index is 201. The third-order valence-electron chi connectivity index (χ3n) is 1.89. The van der Waals surface area contributed by atoms with E-state index in [0.29, 0.717) is 6.42 Å². The van der Waals surface area contributed by atoms with Crippen LogP contribution in [0.5, 0.6) is 0 Å². The molecule has 0 aromatic rings. The van der Waals surface area contributed by atoms with Crippen LogP contribution in [0.3, 0.4) is 0 Å². The second-order valence-corrected chi connectivity index (χ2v) is 4.84. The van der Waals surface area contributed by atoms with Gasteiger partial charge in [0.25, 0.3) is 10.1 Å². The SMILES string of the molecule is CCCCCCCCS(=O)(=O)ON. The minimum Gasteiger partial charge on any atom is -0.198 e. The quantitative estimate of drug-likeness (QED) is 0.486. The van der Waals surface area contributed by atoms with E-state index in [2.05, 4.69) is 17.1 Å². The van der Waals surface area contributed by atoms with Crippen LogP contribution < -0.4 is 5.90 Å². The van der Waals surface area contributed by atoms with Crippen LogP contribution in [0, 0.1) is 0 Å². The molecule has 0 aromatic carbocycles. The predicted molar refractivity (Wildman–Crippen MR) is 52.4 cm³/mol. The molecule has 0 aromatic heterocycles. The molecule has 0 aliphatic carbocycles. The number of rotatable bonds is 8. The van der Waals surface area contributed by atoms with Gasteiger partial charge in [0.1, 0.15) is 0 Å². The van der Waals surface area contributed by atoms with Crippen molar-refractivity contribution >= 4 is 10.1 Å². The van der Waals surface area contributed by atoms with Crippen molar-refractivity contribution in [2.75, 3.05) is 5.75 Å². The zero-order valence-corrected chi connectivity index (χ0v) is 8.98. The lowest BCUT2D eigenvalue weighted by Crippen LogP contribution is -2.14. The Labute approximate surface area is 80.5 Å². The van der Waals surface area contributed by atoms with Crippen molar-refractivity contribution in [1.82, 2.24) is 0 Å². The van der Waals surface area contributed by atoms with Crippen LogP contribution in [0.2, 0.25) is 0 Å². The molecule has 4 nitrogen and oxygen atoms in total. The van der Waals surface area contributed by atoms with Crippen molar-refractivity contribution in [3.8, 4) is 0 Å². The van der Waals surface area contributed by atoms with Gasteiger partial charge in [-0.1, -0.05) is 39.0 Å². The number of hydrogen-bond donors (Lipinski definition) is 1. The van der Waals surface area contributed by atoms with E-state index in [4.69, 9.17) is 0 Å². The molecule has 0 bridgehead atoms. The van der Waals surface area contributed by atoms with Gasteiger partial charge in [0.2, 0.25) is 0 Å². The molecule has 0 heterocycles. The van der Waals surface area contributed by atoms with Gasteiger partial charge in [0.05, 0.1) is 5.75 Å². The van der Waals surface area contributed by atoms with E-state index in [1.807, 2.05) is 0 Å². The van der Waals surface area contributed by atoms with Gasteiger partial charge < -0.3 is 0 Å². The third kappa shape index (κ3) is 8.21. The van der Waals surface area contributed by atoms with Gasteiger partial charge in [-0.25, -0.2) is 0 Å². The summed E-state index contributed by atoms with van der Waals surface area (Å²) in [5.41, 5.74) is 0. The average molecular weight is 209 g/mol. The molecule has 5 heteroatoms. The summed E-state index contributed by atoms with van der Waals surface area (Å²) in [5.74, 6) is 4.62. The molecule has 0 saturated carbocycles. The maximum atomic E-state index is 10.7. The molecular formula is C8H19NO3S. The fourth-order valence-electron chi connectivity index (χ4n) is 1.11. The first-order valence-electron chi connectivity index (χ1n) is 4.73. The van der Waals surface area contributed by atoms with Crippen LogP contribution in [0.25, 0.3) is 0 Å². The first-order chi connectivity index (χ1) is 6.12. The Hall–Kier alpha value is -0.130. The van der Waals surface area contributed by atoms with Gasteiger partial charge >= 0.3 is 0 Å². The van der Waals surface area contributed by atoms with Crippen LogP contribution >= 0.6 is 0 Å². The van der Waals surface area contributed by atoms with E-state index >= 15 is 0 Å². The lowest BCUT2D eigenvalue weighted by Gasteiger charge is -2.00. The summed E-state index contributed by atoms with van der Waals surface area (Å²) < 4.78 is 25.3. The molecule has 0 rings (SSSR count). The fraction of sp³-hybridized carbons (Fsp3) is 1.00. The Morgan fingerprint density at radius 1 is 1.08 bits per heavy atom. The topological polar surface area (TPSA) is 69.4 Å². The zero-order chi connectivity index (χ0) is 10.2. The summed E-state index contributed by atoms with van der Waals surface area (Å²) in [6.45, 7) is 2.15. The second-order valence-electron chi connectivity index (χ2n) is 3.13. The molecule has 0 aliphatic rings. The first-order valence-corrected chi connectivity index (χ1v) is 6.31. The Balaban J connectivity index is 3.26. The van der Waals surface area contributed by atoms with Crippen LogP contribution in [-0.2, 0) is 14.4 Å². The van der Waals surface area contributed by atoms with Crippen LogP contribution in [0.4, 0.5) is 0 Å². The van der Waals surface area contributed by atoms with Crippen molar-refractivity contribution in [3.05, 3.63) is 0 Å². The van der Waals surface area contributed by atoms with E-state index in [1.54, 1.807) is 0 Å². The van der Waals surface area contributed by atoms with E-state index in [-0.39, 0.29) is 5.75 Å². The number of nitrogens with two attached hydrogens (primary N) is 1. The van der Waals surface area contributed by atoms with Gasteiger partial charge in [0.15, 0.2) is 0 Å². The van der Waals surface area contributed by atoms with E-state index in [0.717, 1.165) is 12.8 Å². The number of unbranched alkanes of at least 4 members (excludes halogenated alkanes) is 5. The molecule has 0 amide bonds. The largest absolute Gasteiger partial charge is 0.283 e. The highest BCUT2D eigenvalue weighted by Crippen LogP contribution is 2.06. The lowest BCUT2D eigenvalue weighted by atomic mass is 10.1. The third-order valence-corrected chi connectivity index (χ3v) is 2.98. The van der Waals surface area contributed by atoms with Gasteiger partial charge in [0, 0.05) is 0 Å². The molecule has 0 aliphatic heterocycles. The van der Waals surface area contributed by atoms with Crippen LogP contribution in [0.1, 0.15) is 45.4 Å². The maximum Gasteiger partial charge on any atom is 0.283 e. The minimum atomic E-state index is -3.43. The van der Waals surface area contributed by atoms with Crippen molar-refractivity contribution in [2.24, 2.45) is 5.90 Å². The highest BCUT2D eigenvalue weighted by Gasteiger charge is 2.07. The van der Waals surface area contributed by atoms with Crippen LogP contribution in [0.15, 0.2) is 0 Å². The molecule has 0 spiro atoms. The maximum absolute atomic E-state index is 10.7. The summed E-state index contributed by atoms with van der Waals surface area (Å²) in [6.07, 6.45) is 6.27. The predicted octanol–water partition coefficient (Wildman–Crippen LogP) is 1.57. The molecule has 0 atom stereocenters. The van der Waals surface area contributed by atoms with E-state index in [1.165, 1.54) is 19.3 Å². The summed E-state index contributed by atoms with van der Waals surface area (Å²) in [5, 5.41) is 0. The van der Waals surface area contributed by atoms with E-state index in [9.17, 15) is 8.42 Å². The molecule has 2 N–H and O–H groups in total. The van der Waals surface area contributed by atoms with Gasteiger partial charge in [-0.05, 0) is 6.42 Å². The van der Waals surface area contributed by atoms with E-state index < -0.39 is 10.1 Å². The first kappa shape index (κ1) is 12.9. The highest BCUT2D eigenvalue weighted by atomic mass is 32.2. The molecule has 13 heavy (non-hydrogen) atoms.